The molecule has 1 N–H and O–H groups in total. The first-order valence-corrected chi connectivity index (χ1v) is 7.82. The van der Waals surface area contributed by atoms with Gasteiger partial charge in [0.1, 0.15) is 5.60 Å². The topological polar surface area (TPSA) is 56.1 Å². The Morgan fingerprint density at radius 1 is 1.40 bits per heavy atom. The van der Waals surface area contributed by atoms with Crippen LogP contribution in [-0.4, -0.2) is 27.5 Å². The molecular weight excluding hydrogens is 322 g/mol. The molecule has 0 aliphatic heterocycles. The van der Waals surface area contributed by atoms with Crippen molar-refractivity contribution in [1.82, 2.24) is 15.1 Å². The lowest BCUT2D eigenvalue weighted by Gasteiger charge is -2.30. The van der Waals surface area contributed by atoms with Gasteiger partial charge < -0.3 is 10.1 Å². The Kier molecular flexibility index (Phi) is 4.73. The van der Waals surface area contributed by atoms with Crippen LogP contribution in [-0.2, 0) is 4.74 Å². The summed E-state index contributed by atoms with van der Waals surface area (Å²) in [7, 11) is 0. The summed E-state index contributed by atoms with van der Waals surface area (Å²) in [6, 6.07) is 0.637. The molecule has 20 heavy (non-hydrogen) atoms. The van der Waals surface area contributed by atoms with Gasteiger partial charge in [0, 0.05) is 12.2 Å². The lowest BCUT2D eigenvalue weighted by Crippen LogP contribution is -2.41. The van der Waals surface area contributed by atoms with Crippen molar-refractivity contribution in [2.75, 3.05) is 0 Å². The number of halogens is 1. The summed E-state index contributed by atoms with van der Waals surface area (Å²) in [5.41, 5.74) is -0.442. The summed E-state index contributed by atoms with van der Waals surface area (Å²) in [6.45, 7) is 5.62. The van der Waals surface area contributed by atoms with Crippen LogP contribution in [0.4, 0.5) is 4.79 Å². The second-order valence-corrected chi connectivity index (χ2v) is 7.21. The van der Waals surface area contributed by atoms with Gasteiger partial charge in [0.2, 0.25) is 0 Å². The molecule has 0 atom stereocenters. The number of nitrogens with one attached hydrogen (secondary N) is 1. The van der Waals surface area contributed by atoms with Crippen LogP contribution in [0.15, 0.2) is 16.9 Å². The molecule has 0 saturated heterocycles. The lowest BCUT2D eigenvalue weighted by atomic mass is 9.91. The van der Waals surface area contributed by atoms with Crippen molar-refractivity contribution in [2.24, 2.45) is 0 Å². The van der Waals surface area contributed by atoms with Crippen LogP contribution in [0.1, 0.15) is 52.5 Å². The highest BCUT2D eigenvalue weighted by Crippen LogP contribution is 2.28. The summed E-state index contributed by atoms with van der Waals surface area (Å²) >= 11 is 3.41. The van der Waals surface area contributed by atoms with Gasteiger partial charge in [-0.2, -0.15) is 5.10 Å². The highest BCUT2D eigenvalue weighted by atomic mass is 79.9. The van der Waals surface area contributed by atoms with E-state index in [1.54, 1.807) is 0 Å². The van der Waals surface area contributed by atoms with Crippen LogP contribution < -0.4 is 5.32 Å². The van der Waals surface area contributed by atoms with Crippen molar-refractivity contribution >= 4 is 22.0 Å². The molecule has 1 heterocycles. The van der Waals surface area contributed by atoms with Gasteiger partial charge in [-0.05, 0) is 62.4 Å². The van der Waals surface area contributed by atoms with Crippen LogP contribution >= 0.6 is 15.9 Å². The maximum Gasteiger partial charge on any atom is 0.407 e. The van der Waals surface area contributed by atoms with E-state index in [0.29, 0.717) is 6.04 Å². The minimum absolute atomic E-state index is 0.208. The molecule has 112 valence electrons. The number of hydrogen-bond donors (Lipinski definition) is 1. The number of hydrogen-bond acceptors (Lipinski definition) is 3. The van der Waals surface area contributed by atoms with E-state index in [4.69, 9.17) is 4.74 Å². The van der Waals surface area contributed by atoms with Crippen molar-refractivity contribution < 1.29 is 9.53 Å². The number of carbonyl (C=O) groups excluding carboxylic acids is 1. The van der Waals surface area contributed by atoms with Crippen LogP contribution in [0.3, 0.4) is 0 Å². The van der Waals surface area contributed by atoms with Crippen LogP contribution in [0.5, 0.6) is 0 Å². The Labute approximate surface area is 128 Å². The molecule has 0 unspecified atom stereocenters. The van der Waals surface area contributed by atoms with Gasteiger partial charge in [-0.15, -0.1) is 0 Å². The van der Waals surface area contributed by atoms with Crippen molar-refractivity contribution in [3.8, 4) is 0 Å². The van der Waals surface area contributed by atoms with Crippen molar-refractivity contribution in [3.63, 3.8) is 0 Å². The molecule has 6 heteroatoms. The Morgan fingerprint density at radius 2 is 2.05 bits per heavy atom. The van der Waals surface area contributed by atoms with Crippen molar-refractivity contribution in [1.29, 1.82) is 0 Å². The highest BCUT2D eigenvalue weighted by Gasteiger charge is 2.25. The predicted octanol–water partition coefficient (Wildman–Crippen LogP) is 3.65. The number of alkyl carbamates (subject to hydrolysis) is 1. The van der Waals surface area contributed by atoms with E-state index in [9.17, 15) is 4.79 Å². The van der Waals surface area contributed by atoms with E-state index in [2.05, 4.69) is 26.3 Å². The molecule has 1 aliphatic rings. The molecule has 2 rings (SSSR count). The number of rotatable bonds is 2. The van der Waals surface area contributed by atoms with Crippen LogP contribution in [0.25, 0.3) is 0 Å². The maximum absolute atomic E-state index is 11.7. The van der Waals surface area contributed by atoms with Crippen LogP contribution in [0.2, 0.25) is 0 Å². The van der Waals surface area contributed by atoms with E-state index in [-0.39, 0.29) is 12.1 Å². The number of aromatic nitrogens is 2. The van der Waals surface area contributed by atoms with Gasteiger partial charge in [-0.1, -0.05) is 0 Å². The molecule has 1 aromatic rings. The van der Waals surface area contributed by atoms with E-state index in [0.717, 1.165) is 30.2 Å². The molecule has 1 fully saturated rings. The average Bonchev–Trinajstić information content (AvgIpc) is 2.74. The zero-order valence-corrected chi connectivity index (χ0v) is 13.8. The zero-order chi connectivity index (χ0) is 14.8. The third-order valence-electron chi connectivity index (χ3n) is 3.36. The molecule has 0 aromatic carbocycles. The minimum atomic E-state index is -0.442. The van der Waals surface area contributed by atoms with E-state index in [1.165, 1.54) is 0 Å². The van der Waals surface area contributed by atoms with Gasteiger partial charge in [-0.3, -0.25) is 4.68 Å². The molecular formula is C14H22BrN3O2. The normalized spacial score (nSPS) is 23.4. The van der Waals surface area contributed by atoms with Crippen LogP contribution in [0, 0.1) is 0 Å². The number of nitrogens with zero attached hydrogens (tertiary/aromatic N) is 2. The lowest BCUT2D eigenvalue weighted by molar-refractivity contribution is 0.0487. The third-order valence-corrected chi connectivity index (χ3v) is 3.77. The Hall–Kier alpha value is -1.04. The van der Waals surface area contributed by atoms with Gasteiger partial charge in [0.05, 0.1) is 16.7 Å². The molecule has 0 spiro atoms. The first kappa shape index (κ1) is 15.4. The second kappa shape index (κ2) is 6.16. The Balaban J connectivity index is 1.78. The smallest absolute Gasteiger partial charge is 0.407 e. The van der Waals surface area contributed by atoms with Gasteiger partial charge >= 0.3 is 6.09 Å². The number of amides is 1. The predicted molar refractivity (Wildman–Crippen MR) is 80.6 cm³/mol. The first-order valence-electron chi connectivity index (χ1n) is 7.02. The average molecular weight is 344 g/mol. The van der Waals surface area contributed by atoms with Crippen molar-refractivity contribution in [2.45, 2.75) is 64.1 Å². The monoisotopic (exact) mass is 343 g/mol. The molecule has 1 aliphatic carbocycles. The summed E-state index contributed by atoms with van der Waals surface area (Å²) in [5, 5.41) is 7.28. The third kappa shape index (κ3) is 4.51. The summed E-state index contributed by atoms with van der Waals surface area (Å²) in [5.74, 6) is 0. The fourth-order valence-corrected chi connectivity index (χ4v) is 2.77. The minimum Gasteiger partial charge on any atom is -0.444 e. The van der Waals surface area contributed by atoms with Gasteiger partial charge in [0.15, 0.2) is 0 Å². The highest BCUT2D eigenvalue weighted by molar-refractivity contribution is 9.10. The van der Waals surface area contributed by atoms with Gasteiger partial charge in [0.25, 0.3) is 0 Å². The fourth-order valence-electron chi connectivity index (χ4n) is 2.47. The van der Waals surface area contributed by atoms with Crippen molar-refractivity contribution in [3.05, 3.63) is 16.9 Å². The standard InChI is InChI=1S/C14H22BrN3O2/c1-14(2,3)20-13(19)17-11-4-6-12(7-5-11)18-9-10(15)8-16-18/h8-9,11-12H,4-7H2,1-3H3,(H,17,19). The molecule has 0 bridgehead atoms. The maximum atomic E-state index is 11.7. The van der Waals surface area contributed by atoms with E-state index >= 15 is 0 Å². The Bertz CT molecular complexity index is 459. The quantitative estimate of drug-likeness (QED) is 0.891. The number of ether oxygens (including phenoxy) is 1. The SMILES string of the molecule is CC(C)(C)OC(=O)NC1CCC(n2cc(Br)cn2)CC1. The summed E-state index contributed by atoms with van der Waals surface area (Å²) < 4.78 is 8.30. The van der Waals surface area contributed by atoms with E-state index in [1.807, 2.05) is 37.8 Å². The fraction of sp³-hybridized carbons (Fsp3) is 0.714. The summed E-state index contributed by atoms with van der Waals surface area (Å²) in [6.07, 6.45) is 7.46. The molecule has 5 nitrogen and oxygen atoms in total. The second-order valence-electron chi connectivity index (χ2n) is 6.29. The van der Waals surface area contributed by atoms with Gasteiger partial charge in [-0.25, -0.2) is 4.79 Å². The largest absolute Gasteiger partial charge is 0.444 e. The molecule has 1 amide bonds. The first-order chi connectivity index (χ1) is 9.33. The molecule has 0 radical (unpaired) electrons. The Morgan fingerprint density at radius 3 is 2.55 bits per heavy atom. The zero-order valence-electron chi connectivity index (χ0n) is 12.2. The molecule has 1 aromatic heterocycles. The summed E-state index contributed by atoms with van der Waals surface area (Å²) in [4.78, 5) is 11.7. The number of carbonyl (C=O) groups is 1. The van der Waals surface area contributed by atoms with E-state index < -0.39 is 5.60 Å². The molecule has 1 saturated carbocycles.